The third-order valence-electron chi connectivity index (χ3n) is 3.58. The van der Waals surface area contributed by atoms with Gasteiger partial charge >= 0.3 is 0 Å². The Kier molecular flexibility index (Phi) is 4.47. The van der Waals surface area contributed by atoms with Crippen LogP contribution in [0.25, 0.3) is 0 Å². The van der Waals surface area contributed by atoms with E-state index < -0.39 is 17.5 Å². The zero-order valence-corrected chi connectivity index (χ0v) is 10.5. The normalized spacial score (nSPS) is 23.1. The molecule has 104 valence electrons. The van der Waals surface area contributed by atoms with E-state index in [1.165, 1.54) is 6.07 Å². The van der Waals surface area contributed by atoms with Crippen LogP contribution in [0.5, 0.6) is 0 Å². The molecule has 0 radical (unpaired) electrons. The van der Waals surface area contributed by atoms with E-state index in [4.69, 9.17) is 0 Å². The largest absolute Gasteiger partial charge is 0.393 e. The molecule has 0 bridgehead atoms. The highest BCUT2D eigenvalue weighted by molar-refractivity contribution is 5.94. The Hall–Kier alpha value is -1.49. The first-order valence-corrected chi connectivity index (χ1v) is 6.49. The van der Waals surface area contributed by atoms with Crippen LogP contribution in [0.1, 0.15) is 36.0 Å². The van der Waals surface area contributed by atoms with Crippen molar-refractivity contribution in [3.8, 4) is 0 Å². The molecule has 0 saturated heterocycles. The summed E-state index contributed by atoms with van der Waals surface area (Å²) in [6, 6.07) is 3.05. The van der Waals surface area contributed by atoms with Gasteiger partial charge in [0.2, 0.25) is 0 Å². The topological polar surface area (TPSA) is 49.3 Å². The second-order valence-corrected chi connectivity index (χ2v) is 4.95. The smallest absolute Gasteiger partial charge is 0.251 e. The van der Waals surface area contributed by atoms with Crippen molar-refractivity contribution in [3.05, 3.63) is 35.4 Å². The van der Waals surface area contributed by atoms with Crippen LogP contribution < -0.4 is 5.32 Å². The predicted molar refractivity (Wildman–Crippen MR) is 66.7 cm³/mol. The maximum absolute atomic E-state index is 13.0. The third kappa shape index (κ3) is 3.50. The quantitative estimate of drug-likeness (QED) is 0.884. The molecule has 19 heavy (non-hydrogen) atoms. The number of aliphatic hydroxyl groups is 1. The Morgan fingerprint density at radius 1 is 1.26 bits per heavy atom. The molecule has 0 spiro atoms. The molecule has 1 fully saturated rings. The highest BCUT2D eigenvalue weighted by atomic mass is 19.2. The van der Waals surface area contributed by atoms with Crippen molar-refractivity contribution in [3.63, 3.8) is 0 Å². The fourth-order valence-electron chi connectivity index (χ4n) is 2.39. The van der Waals surface area contributed by atoms with Crippen LogP contribution in [0.2, 0.25) is 0 Å². The van der Waals surface area contributed by atoms with Crippen molar-refractivity contribution in [2.75, 3.05) is 6.54 Å². The maximum Gasteiger partial charge on any atom is 0.251 e. The Morgan fingerprint density at radius 3 is 2.68 bits per heavy atom. The molecule has 1 aliphatic rings. The lowest BCUT2D eigenvalue weighted by Gasteiger charge is -2.27. The standard InChI is InChI=1S/C14H17F2NO2/c15-11-6-5-9(7-12(11)16)14(19)17-8-10-3-1-2-4-13(10)18/h5-7,10,13,18H,1-4,8H2,(H,17,19). The first-order valence-electron chi connectivity index (χ1n) is 6.49. The van der Waals surface area contributed by atoms with Gasteiger partial charge in [0.1, 0.15) is 0 Å². The number of aliphatic hydroxyl groups excluding tert-OH is 1. The van der Waals surface area contributed by atoms with Crippen molar-refractivity contribution in [1.82, 2.24) is 5.32 Å². The lowest BCUT2D eigenvalue weighted by Crippen LogP contribution is -2.36. The summed E-state index contributed by atoms with van der Waals surface area (Å²) < 4.78 is 25.8. The summed E-state index contributed by atoms with van der Waals surface area (Å²) in [6.07, 6.45) is 3.29. The lowest BCUT2D eigenvalue weighted by atomic mass is 9.86. The number of hydrogen-bond acceptors (Lipinski definition) is 2. The third-order valence-corrected chi connectivity index (χ3v) is 3.58. The summed E-state index contributed by atoms with van der Waals surface area (Å²) in [7, 11) is 0. The summed E-state index contributed by atoms with van der Waals surface area (Å²) in [5.41, 5.74) is 0.0872. The average molecular weight is 269 g/mol. The molecule has 3 nitrogen and oxygen atoms in total. The van der Waals surface area contributed by atoms with Gasteiger partial charge in [0, 0.05) is 18.0 Å². The Bertz CT molecular complexity index is 465. The molecule has 1 amide bonds. The zero-order chi connectivity index (χ0) is 13.8. The molecule has 2 N–H and O–H groups in total. The van der Waals surface area contributed by atoms with Crippen molar-refractivity contribution in [2.24, 2.45) is 5.92 Å². The molecule has 2 rings (SSSR count). The second-order valence-electron chi connectivity index (χ2n) is 4.95. The monoisotopic (exact) mass is 269 g/mol. The summed E-state index contributed by atoms with van der Waals surface area (Å²) in [4.78, 5) is 11.8. The van der Waals surface area contributed by atoms with E-state index in [0.29, 0.717) is 6.54 Å². The predicted octanol–water partition coefficient (Wildman–Crippen LogP) is 2.25. The SMILES string of the molecule is O=C(NCC1CCCCC1O)c1ccc(F)c(F)c1. The van der Waals surface area contributed by atoms with E-state index in [9.17, 15) is 18.7 Å². The number of carbonyl (C=O) groups excluding carboxylic acids is 1. The van der Waals surface area contributed by atoms with Gasteiger partial charge in [0.15, 0.2) is 11.6 Å². The molecule has 1 aromatic rings. The number of carbonyl (C=O) groups is 1. The van der Waals surface area contributed by atoms with Gasteiger partial charge in [-0.25, -0.2) is 8.78 Å². The van der Waals surface area contributed by atoms with Crippen molar-refractivity contribution >= 4 is 5.91 Å². The number of rotatable bonds is 3. The van der Waals surface area contributed by atoms with Crippen LogP contribution in [0.3, 0.4) is 0 Å². The second kappa shape index (κ2) is 6.10. The highest BCUT2D eigenvalue weighted by Crippen LogP contribution is 2.23. The van der Waals surface area contributed by atoms with E-state index in [2.05, 4.69) is 5.32 Å². The fraction of sp³-hybridized carbons (Fsp3) is 0.500. The van der Waals surface area contributed by atoms with Gasteiger partial charge in [-0.3, -0.25) is 4.79 Å². The number of hydrogen-bond donors (Lipinski definition) is 2. The molecule has 5 heteroatoms. The number of nitrogens with one attached hydrogen (secondary N) is 1. The first kappa shape index (κ1) is 13.9. The number of amides is 1. The summed E-state index contributed by atoms with van der Waals surface area (Å²) in [5.74, 6) is -2.41. The minimum absolute atomic E-state index is 0.0444. The Morgan fingerprint density at radius 2 is 2.00 bits per heavy atom. The molecule has 0 aliphatic heterocycles. The van der Waals surface area contributed by atoms with Crippen LogP contribution in [-0.4, -0.2) is 23.7 Å². The highest BCUT2D eigenvalue weighted by Gasteiger charge is 2.23. The molecule has 0 aromatic heterocycles. The van der Waals surface area contributed by atoms with Gasteiger partial charge < -0.3 is 10.4 Å². The molecule has 2 atom stereocenters. The molecule has 0 heterocycles. The van der Waals surface area contributed by atoms with Gasteiger partial charge in [-0.1, -0.05) is 12.8 Å². The van der Waals surface area contributed by atoms with E-state index >= 15 is 0 Å². The molecule has 2 unspecified atom stereocenters. The van der Waals surface area contributed by atoms with E-state index in [1.54, 1.807) is 0 Å². The van der Waals surface area contributed by atoms with Crippen LogP contribution in [0, 0.1) is 17.6 Å². The minimum atomic E-state index is -1.04. The van der Waals surface area contributed by atoms with Crippen molar-refractivity contribution in [2.45, 2.75) is 31.8 Å². The number of halogens is 2. The summed E-state index contributed by atoms with van der Waals surface area (Å²) >= 11 is 0. The number of benzene rings is 1. The van der Waals surface area contributed by atoms with Gasteiger partial charge in [-0.15, -0.1) is 0 Å². The van der Waals surface area contributed by atoms with Gasteiger partial charge in [0.05, 0.1) is 6.10 Å². The summed E-state index contributed by atoms with van der Waals surface area (Å²) in [6.45, 7) is 0.360. The first-order chi connectivity index (χ1) is 9.08. The molecular weight excluding hydrogens is 252 g/mol. The van der Waals surface area contributed by atoms with Gasteiger partial charge in [-0.2, -0.15) is 0 Å². The average Bonchev–Trinajstić information content (AvgIpc) is 2.40. The van der Waals surface area contributed by atoms with Crippen molar-refractivity contribution < 1.29 is 18.7 Å². The fourth-order valence-corrected chi connectivity index (χ4v) is 2.39. The van der Waals surface area contributed by atoms with Gasteiger partial charge in [-0.05, 0) is 31.0 Å². The van der Waals surface area contributed by atoms with Crippen LogP contribution in [0.4, 0.5) is 8.78 Å². The maximum atomic E-state index is 13.0. The molecular formula is C14H17F2NO2. The van der Waals surface area contributed by atoms with Crippen LogP contribution in [-0.2, 0) is 0 Å². The van der Waals surface area contributed by atoms with E-state index in [-0.39, 0.29) is 17.6 Å². The van der Waals surface area contributed by atoms with Gasteiger partial charge in [0.25, 0.3) is 5.91 Å². The Labute approximate surface area is 110 Å². The molecule has 1 saturated carbocycles. The van der Waals surface area contributed by atoms with Crippen LogP contribution >= 0.6 is 0 Å². The van der Waals surface area contributed by atoms with E-state index in [0.717, 1.165) is 37.8 Å². The van der Waals surface area contributed by atoms with E-state index in [1.807, 2.05) is 0 Å². The lowest BCUT2D eigenvalue weighted by molar-refractivity contribution is 0.0663. The minimum Gasteiger partial charge on any atom is -0.393 e. The van der Waals surface area contributed by atoms with Crippen LogP contribution in [0.15, 0.2) is 18.2 Å². The molecule has 1 aliphatic carbocycles. The summed E-state index contributed by atoms with van der Waals surface area (Å²) in [5, 5.41) is 12.4. The zero-order valence-electron chi connectivity index (χ0n) is 10.5. The Balaban J connectivity index is 1.91. The molecule has 1 aromatic carbocycles. The van der Waals surface area contributed by atoms with Crippen molar-refractivity contribution in [1.29, 1.82) is 0 Å².